The molecular formula is C11H18O5. The molecule has 2 aliphatic heterocycles. The molecule has 5 unspecified atom stereocenters. The molecule has 2 fully saturated rings. The van der Waals surface area contributed by atoms with E-state index >= 15 is 0 Å². The van der Waals surface area contributed by atoms with Crippen molar-refractivity contribution >= 4 is 6.47 Å². The van der Waals surface area contributed by atoms with Gasteiger partial charge in [-0.05, 0) is 13.3 Å². The Morgan fingerprint density at radius 1 is 1.31 bits per heavy atom. The zero-order valence-corrected chi connectivity index (χ0v) is 9.63. The summed E-state index contributed by atoms with van der Waals surface area (Å²) < 4.78 is 21.8. The zero-order chi connectivity index (χ0) is 11.5. The van der Waals surface area contributed by atoms with Crippen molar-refractivity contribution < 1.29 is 23.7 Å². The van der Waals surface area contributed by atoms with Crippen LogP contribution in [0.5, 0.6) is 0 Å². The van der Waals surface area contributed by atoms with Crippen LogP contribution in [-0.4, -0.2) is 50.2 Å². The molecule has 5 heteroatoms. The monoisotopic (exact) mass is 230 g/mol. The number of carbonyl (C=O) groups is 1. The van der Waals surface area contributed by atoms with Gasteiger partial charge in [-0.3, -0.25) is 4.79 Å². The maximum Gasteiger partial charge on any atom is 0.293 e. The van der Waals surface area contributed by atoms with Gasteiger partial charge in [0.1, 0.15) is 18.3 Å². The number of rotatable bonds is 5. The lowest BCUT2D eigenvalue weighted by Gasteiger charge is -2.20. The fraction of sp³-hybridized carbons (Fsp3) is 0.909. The minimum atomic E-state index is -0.284. The van der Waals surface area contributed by atoms with Crippen LogP contribution in [0.25, 0.3) is 0 Å². The summed E-state index contributed by atoms with van der Waals surface area (Å²) in [6, 6.07) is 0. The highest BCUT2D eigenvalue weighted by Gasteiger charge is 2.49. The molecule has 0 aliphatic carbocycles. The van der Waals surface area contributed by atoms with E-state index in [1.807, 2.05) is 6.92 Å². The standard InChI is InChI=1S/C11H18O5/c1-3-7(2)16-9-5-14-10-8(15-6-12)4-13-11(9)10/h6-11H,3-5H2,1-2H3. The van der Waals surface area contributed by atoms with Gasteiger partial charge in [-0.25, -0.2) is 0 Å². The van der Waals surface area contributed by atoms with Crippen LogP contribution in [0.2, 0.25) is 0 Å². The first-order valence-corrected chi connectivity index (χ1v) is 5.74. The Morgan fingerprint density at radius 2 is 1.94 bits per heavy atom. The SMILES string of the molecule is CCC(C)OC1COC2C(OC=O)COC12. The van der Waals surface area contributed by atoms with Crippen molar-refractivity contribution in [3.8, 4) is 0 Å². The second-order valence-corrected chi connectivity index (χ2v) is 4.26. The van der Waals surface area contributed by atoms with Crippen molar-refractivity contribution in [3.63, 3.8) is 0 Å². The maximum absolute atomic E-state index is 10.3. The molecule has 0 aromatic carbocycles. The van der Waals surface area contributed by atoms with Gasteiger partial charge in [-0.2, -0.15) is 0 Å². The van der Waals surface area contributed by atoms with Gasteiger partial charge >= 0.3 is 0 Å². The zero-order valence-electron chi connectivity index (χ0n) is 9.63. The molecule has 5 nitrogen and oxygen atoms in total. The lowest BCUT2D eigenvalue weighted by molar-refractivity contribution is -0.138. The molecule has 2 saturated heterocycles. The summed E-state index contributed by atoms with van der Waals surface area (Å²) in [7, 11) is 0. The van der Waals surface area contributed by atoms with Crippen LogP contribution >= 0.6 is 0 Å². The predicted octanol–water partition coefficient (Wildman–Crippen LogP) is 0.509. The van der Waals surface area contributed by atoms with Crippen LogP contribution in [-0.2, 0) is 23.7 Å². The first-order valence-electron chi connectivity index (χ1n) is 5.74. The Morgan fingerprint density at radius 3 is 2.56 bits per heavy atom. The smallest absolute Gasteiger partial charge is 0.293 e. The van der Waals surface area contributed by atoms with Gasteiger partial charge < -0.3 is 18.9 Å². The molecule has 0 radical (unpaired) electrons. The topological polar surface area (TPSA) is 54.0 Å². The van der Waals surface area contributed by atoms with Crippen molar-refractivity contribution in [2.24, 2.45) is 0 Å². The fourth-order valence-corrected chi connectivity index (χ4v) is 2.13. The quantitative estimate of drug-likeness (QED) is 0.644. The highest BCUT2D eigenvalue weighted by atomic mass is 16.6. The molecule has 2 rings (SSSR count). The van der Waals surface area contributed by atoms with Gasteiger partial charge in [0.25, 0.3) is 6.47 Å². The fourth-order valence-electron chi connectivity index (χ4n) is 2.13. The summed E-state index contributed by atoms with van der Waals surface area (Å²) in [5, 5.41) is 0. The molecule has 0 spiro atoms. The second-order valence-electron chi connectivity index (χ2n) is 4.26. The van der Waals surface area contributed by atoms with Crippen LogP contribution < -0.4 is 0 Å². The van der Waals surface area contributed by atoms with E-state index in [4.69, 9.17) is 18.9 Å². The van der Waals surface area contributed by atoms with E-state index in [0.29, 0.717) is 19.7 Å². The molecule has 0 amide bonds. The first kappa shape index (κ1) is 11.8. The normalized spacial score (nSPS) is 39.4. The van der Waals surface area contributed by atoms with Gasteiger partial charge in [-0.15, -0.1) is 0 Å². The predicted molar refractivity (Wildman–Crippen MR) is 55.0 cm³/mol. The molecule has 16 heavy (non-hydrogen) atoms. The van der Waals surface area contributed by atoms with E-state index in [1.165, 1.54) is 0 Å². The molecular weight excluding hydrogens is 212 g/mol. The van der Waals surface area contributed by atoms with E-state index in [-0.39, 0.29) is 30.5 Å². The minimum Gasteiger partial charge on any atom is -0.459 e. The third-order valence-corrected chi connectivity index (χ3v) is 3.17. The van der Waals surface area contributed by atoms with Crippen molar-refractivity contribution in [3.05, 3.63) is 0 Å². The van der Waals surface area contributed by atoms with Crippen LogP contribution in [0, 0.1) is 0 Å². The Kier molecular flexibility index (Phi) is 3.78. The number of hydrogen-bond acceptors (Lipinski definition) is 5. The van der Waals surface area contributed by atoms with Crippen molar-refractivity contribution in [1.29, 1.82) is 0 Å². The first-order chi connectivity index (χ1) is 7.76. The second kappa shape index (κ2) is 5.12. The van der Waals surface area contributed by atoms with Gasteiger partial charge in [0, 0.05) is 0 Å². The van der Waals surface area contributed by atoms with E-state index in [2.05, 4.69) is 6.92 Å². The summed E-state index contributed by atoms with van der Waals surface area (Å²) >= 11 is 0. The Labute approximate surface area is 95.0 Å². The molecule has 0 saturated carbocycles. The molecule has 0 aromatic heterocycles. The third kappa shape index (κ3) is 2.21. The van der Waals surface area contributed by atoms with Gasteiger partial charge in [0.15, 0.2) is 6.10 Å². The van der Waals surface area contributed by atoms with Gasteiger partial charge in [0.2, 0.25) is 0 Å². The van der Waals surface area contributed by atoms with E-state index < -0.39 is 0 Å². The summed E-state index contributed by atoms with van der Waals surface area (Å²) in [6.45, 7) is 5.46. The molecule has 5 atom stereocenters. The molecule has 0 bridgehead atoms. The van der Waals surface area contributed by atoms with Gasteiger partial charge in [-0.1, -0.05) is 6.92 Å². The summed E-state index contributed by atoms with van der Waals surface area (Å²) in [5.41, 5.74) is 0. The van der Waals surface area contributed by atoms with E-state index in [9.17, 15) is 4.79 Å². The average Bonchev–Trinajstić information content (AvgIpc) is 2.84. The number of fused-ring (bicyclic) bond motifs is 1. The third-order valence-electron chi connectivity index (χ3n) is 3.17. The van der Waals surface area contributed by atoms with E-state index in [0.717, 1.165) is 6.42 Å². The summed E-state index contributed by atoms with van der Waals surface area (Å²) in [4.78, 5) is 10.3. The number of carbonyl (C=O) groups excluding carboxylic acids is 1. The molecule has 0 N–H and O–H groups in total. The Hall–Kier alpha value is -0.650. The largest absolute Gasteiger partial charge is 0.459 e. The molecule has 2 aliphatic rings. The average molecular weight is 230 g/mol. The molecule has 0 aromatic rings. The minimum absolute atomic E-state index is 0.0415. The van der Waals surface area contributed by atoms with E-state index in [1.54, 1.807) is 0 Å². The van der Waals surface area contributed by atoms with Crippen molar-refractivity contribution in [1.82, 2.24) is 0 Å². The number of ether oxygens (including phenoxy) is 4. The molecule has 2 heterocycles. The van der Waals surface area contributed by atoms with Crippen LogP contribution in [0.15, 0.2) is 0 Å². The van der Waals surface area contributed by atoms with Crippen molar-refractivity contribution in [2.75, 3.05) is 13.2 Å². The van der Waals surface area contributed by atoms with Crippen LogP contribution in [0.1, 0.15) is 20.3 Å². The lowest BCUT2D eigenvalue weighted by Crippen LogP contribution is -2.35. The lowest BCUT2D eigenvalue weighted by atomic mass is 10.1. The number of hydrogen-bond donors (Lipinski definition) is 0. The van der Waals surface area contributed by atoms with Crippen LogP contribution in [0.3, 0.4) is 0 Å². The van der Waals surface area contributed by atoms with Gasteiger partial charge in [0.05, 0.1) is 19.3 Å². The molecule has 92 valence electrons. The Balaban J connectivity index is 1.90. The highest BCUT2D eigenvalue weighted by molar-refractivity contribution is 5.37. The Bertz CT molecular complexity index is 245. The maximum atomic E-state index is 10.3. The summed E-state index contributed by atoms with van der Waals surface area (Å²) in [6.07, 6.45) is 0.565. The van der Waals surface area contributed by atoms with Crippen molar-refractivity contribution in [2.45, 2.75) is 50.8 Å². The highest BCUT2D eigenvalue weighted by Crippen LogP contribution is 2.30. The summed E-state index contributed by atoms with van der Waals surface area (Å²) in [5.74, 6) is 0. The van der Waals surface area contributed by atoms with Crippen LogP contribution in [0.4, 0.5) is 0 Å².